The van der Waals surface area contributed by atoms with Gasteiger partial charge in [-0.1, -0.05) is 6.92 Å². The Morgan fingerprint density at radius 1 is 1.48 bits per heavy atom. The average molecular weight is 291 g/mol. The van der Waals surface area contributed by atoms with Gasteiger partial charge >= 0.3 is 6.03 Å². The van der Waals surface area contributed by atoms with Crippen LogP contribution in [0.3, 0.4) is 0 Å². The number of fused-ring (bicyclic) bond motifs is 1. The number of hydrogen-bond acceptors (Lipinski definition) is 3. The highest BCUT2D eigenvalue weighted by molar-refractivity contribution is 5.74. The van der Waals surface area contributed by atoms with Crippen molar-refractivity contribution in [3.05, 3.63) is 23.8 Å². The molecule has 0 bridgehead atoms. The van der Waals surface area contributed by atoms with E-state index in [1.807, 2.05) is 38.1 Å². The molecule has 0 fully saturated rings. The van der Waals surface area contributed by atoms with Crippen LogP contribution in [0, 0.1) is 0 Å². The van der Waals surface area contributed by atoms with Crippen molar-refractivity contribution in [2.75, 3.05) is 32.1 Å². The molecule has 1 heterocycles. The molecule has 0 saturated heterocycles. The number of nitrogens with one attached hydrogen (secondary N) is 1. The van der Waals surface area contributed by atoms with Crippen molar-refractivity contribution in [2.24, 2.45) is 0 Å². The average Bonchev–Trinajstić information content (AvgIpc) is 2.68. The third-order valence-corrected chi connectivity index (χ3v) is 3.81. The van der Waals surface area contributed by atoms with Crippen molar-refractivity contribution >= 4 is 11.7 Å². The Balaban J connectivity index is 2.15. The lowest BCUT2D eigenvalue weighted by molar-refractivity contribution is 0.184. The van der Waals surface area contributed by atoms with Crippen molar-refractivity contribution in [3.63, 3.8) is 0 Å². The minimum absolute atomic E-state index is 0.0175. The zero-order valence-electron chi connectivity index (χ0n) is 13.3. The Morgan fingerprint density at radius 2 is 2.24 bits per heavy atom. The number of anilines is 1. The van der Waals surface area contributed by atoms with Gasteiger partial charge in [0.15, 0.2) is 0 Å². The highest BCUT2D eigenvalue weighted by atomic mass is 16.5. The number of benzene rings is 1. The second-order valence-electron chi connectivity index (χ2n) is 5.72. The highest BCUT2D eigenvalue weighted by Crippen LogP contribution is 2.27. The van der Waals surface area contributed by atoms with Gasteiger partial charge in [0.2, 0.25) is 0 Å². The maximum absolute atomic E-state index is 12.3. The number of hydrogen-bond donors (Lipinski definition) is 1. The lowest BCUT2D eigenvalue weighted by Crippen LogP contribution is -2.44. The number of carbonyl (C=O) groups excluding carboxylic acids is 1. The van der Waals surface area contributed by atoms with Gasteiger partial charge in [-0.15, -0.1) is 0 Å². The third kappa shape index (κ3) is 3.80. The van der Waals surface area contributed by atoms with E-state index in [9.17, 15) is 4.79 Å². The van der Waals surface area contributed by atoms with E-state index in [1.165, 1.54) is 0 Å². The first-order valence-electron chi connectivity index (χ1n) is 7.49. The van der Waals surface area contributed by atoms with Crippen LogP contribution in [0.1, 0.15) is 25.8 Å². The van der Waals surface area contributed by atoms with Gasteiger partial charge in [-0.25, -0.2) is 4.79 Å². The molecule has 1 aliphatic rings. The molecule has 1 aromatic rings. The summed E-state index contributed by atoms with van der Waals surface area (Å²) in [5, 5.41) is 3.02. The van der Waals surface area contributed by atoms with E-state index in [0.29, 0.717) is 19.7 Å². The van der Waals surface area contributed by atoms with Gasteiger partial charge in [0, 0.05) is 31.4 Å². The lowest BCUT2D eigenvalue weighted by Gasteiger charge is -2.23. The molecule has 2 amide bonds. The van der Waals surface area contributed by atoms with Gasteiger partial charge in [-0.2, -0.15) is 0 Å². The third-order valence-electron chi connectivity index (χ3n) is 3.81. The van der Waals surface area contributed by atoms with Crippen LogP contribution in [0.2, 0.25) is 0 Å². The first-order valence-corrected chi connectivity index (χ1v) is 7.49. The van der Waals surface area contributed by atoms with Crippen LogP contribution in [-0.2, 0) is 6.54 Å². The SMILES string of the molecule is CCC(C)NC(=O)N1CCOc2ccc(N(C)C)cc2C1. The van der Waals surface area contributed by atoms with E-state index in [2.05, 4.69) is 23.2 Å². The summed E-state index contributed by atoms with van der Waals surface area (Å²) in [5.41, 5.74) is 2.17. The molecule has 0 saturated carbocycles. The standard InChI is InChI=1S/C16H25N3O2/c1-5-12(2)17-16(20)19-8-9-21-15-7-6-14(18(3)4)10-13(15)11-19/h6-7,10,12H,5,8-9,11H2,1-4H3,(H,17,20). The summed E-state index contributed by atoms with van der Waals surface area (Å²) in [5.74, 6) is 0.874. The van der Waals surface area contributed by atoms with Gasteiger partial charge in [-0.05, 0) is 31.5 Å². The summed E-state index contributed by atoms with van der Waals surface area (Å²) in [4.78, 5) is 16.2. The molecule has 1 aliphatic heterocycles. The van der Waals surface area contributed by atoms with Crippen LogP contribution in [0.15, 0.2) is 18.2 Å². The zero-order chi connectivity index (χ0) is 15.4. The largest absolute Gasteiger partial charge is 0.491 e. The number of ether oxygens (including phenoxy) is 1. The molecule has 116 valence electrons. The first-order chi connectivity index (χ1) is 10.0. The molecule has 1 aromatic carbocycles. The molecule has 5 nitrogen and oxygen atoms in total. The molecule has 0 aromatic heterocycles. The van der Waals surface area contributed by atoms with E-state index >= 15 is 0 Å². The highest BCUT2D eigenvalue weighted by Gasteiger charge is 2.21. The topological polar surface area (TPSA) is 44.8 Å². The number of urea groups is 1. The summed E-state index contributed by atoms with van der Waals surface area (Å²) in [6.45, 7) is 5.80. The molecule has 0 radical (unpaired) electrons. The molecule has 0 spiro atoms. The summed E-state index contributed by atoms with van der Waals surface area (Å²) in [7, 11) is 4.01. The minimum atomic E-state index is -0.0175. The Bertz CT molecular complexity index is 502. The fourth-order valence-corrected chi connectivity index (χ4v) is 2.24. The van der Waals surface area contributed by atoms with Gasteiger partial charge in [0.1, 0.15) is 12.4 Å². The Hall–Kier alpha value is -1.91. The normalized spacial score (nSPS) is 15.5. The molecular weight excluding hydrogens is 266 g/mol. The van der Waals surface area contributed by atoms with Crippen LogP contribution < -0.4 is 15.0 Å². The maximum atomic E-state index is 12.3. The summed E-state index contributed by atoms with van der Waals surface area (Å²) in [6.07, 6.45) is 0.928. The van der Waals surface area contributed by atoms with Crippen LogP contribution in [0.25, 0.3) is 0 Å². The zero-order valence-corrected chi connectivity index (χ0v) is 13.3. The van der Waals surface area contributed by atoms with Gasteiger partial charge < -0.3 is 19.9 Å². The smallest absolute Gasteiger partial charge is 0.318 e. The summed E-state index contributed by atoms with van der Waals surface area (Å²) < 4.78 is 5.75. The van der Waals surface area contributed by atoms with Crippen molar-refractivity contribution in [2.45, 2.75) is 32.9 Å². The monoisotopic (exact) mass is 291 g/mol. The Kier molecular flexibility index (Phi) is 4.94. The van der Waals surface area contributed by atoms with E-state index in [-0.39, 0.29) is 12.1 Å². The van der Waals surface area contributed by atoms with Crippen molar-refractivity contribution < 1.29 is 9.53 Å². The molecule has 1 atom stereocenters. The van der Waals surface area contributed by atoms with Gasteiger partial charge in [0.05, 0.1) is 13.1 Å². The van der Waals surface area contributed by atoms with E-state index in [4.69, 9.17) is 4.74 Å². The fourth-order valence-electron chi connectivity index (χ4n) is 2.24. The lowest BCUT2D eigenvalue weighted by atomic mass is 10.1. The maximum Gasteiger partial charge on any atom is 0.318 e. The number of nitrogens with zero attached hydrogens (tertiary/aromatic N) is 2. The minimum Gasteiger partial charge on any atom is -0.491 e. The van der Waals surface area contributed by atoms with E-state index < -0.39 is 0 Å². The number of rotatable bonds is 3. The Labute approximate surface area is 126 Å². The quantitative estimate of drug-likeness (QED) is 0.930. The molecule has 5 heteroatoms. The molecule has 2 rings (SSSR count). The van der Waals surface area contributed by atoms with Crippen LogP contribution in [0.5, 0.6) is 5.75 Å². The van der Waals surface area contributed by atoms with E-state index in [1.54, 1.807) is 0 Å². The van der Waals surface area contributed by atoms with Crippen LogP contribution in [0.4, 0.5) is 10.5 Å². The molecule has 0 aliphatic carbocycles. The summed E-state index contributed by atoms with van der Waals surface area (Å²) in [6, 6.07) is 6.28. The van der Waals surface area contributed by atoms with E-state index in [0.717, 1.165) is 23.4 Å². The predicted molar refractivity (Wildman–Crippen MR) is 85.0 cm³/mol. The molecule has 1 unspecified atom stereocenters. The molecule has 21 heavy (non-hydrogen) atoms. The van der Waals surface area contributed by atoms with Crippen molar-refractivity contribution in [1.82, 2.24) is 10.2 Å². The van der Waals surface area contributed by atoms with Gasteiger partial charge in [0.25, 0.3) is 0 Å². The molecular formula is C16H25N3O2. The van der Waals surface area contributed by atoms with Crippen LogP contribution in [-0.4, -0.2) is 44.2 Å². The Morgan fingerprint density at radius 3 is 2.90 bits per heavy atom. The number of amides is 2. The first kappa shape index (κ1) is 15.5. The fraction of sp³-hybridized carbons (Fsp3) is 0.562. The van der Waals surface area contributed by atoms with Crippen LogP contribution >= 0.6 is 0 Å². The second kappa shape index (κ2) is 6.70. The predicted octanol–water partition coefficient (Wildman–Crippen LogP) is 2.46. The molecule has 1 N–H and O–H groups in total. The van der Waals surface area contributed by atoms with Gasteiger partial charge in [-0.3, -0.25) is 0 Å². The van der Waals surface area contributed by atoms with Crippen molar-refractivity contribution in [3.8, 4) is 5.75 Å². The summed E-state index contributed by atoms with van der Waals surface area (Å²) >= 11 is 0. The second-order valence-corrected chi connectivity index (χ2v) is 5.72. The number of carbonyl (C=O) groups is 1. The van der Waals surface area contributed by atoms with Crippen molar-refractivity contribution in [1.29, 1.82) is 0 Å².